The molecule has 2 aromatic rings. The lowest BCUT2D eigenvalue weighted by Gasteiger charge is -2.24. The maximum atomic E-state index is 12.7. The molecule has 0 radical (unpaired) electrons. The molecule has 2 heterocycles. The molecule has 3 rings (SSSR count). The third kappa shape index (κ3) is 5.92. The Morgan fingerprint density at radius 2 is 2.26 bits per heavy atom. The first-order valence-corrected chi connectivity index (χ1v) is 9.41. The predicted molar refractivity (Wildman–Crippen MR) is 104 cm³/mol. The Morgan fingerprint density at radius 1 is 1.41 bits per heavy atom. The van der Waals surface area contributed by atoms with Crippen molar-refractivity contribution in [2.24, 2.45) is 7.05 Å². The molecule has 1 fully saturated rings. The largest absolute Gasteiger partial charge is 0.376 e. The van der Waals surface area contributed by atoms with E-state index in [9.17, 15) is 4.79 Å². The summed E-state index contributed by atoms with van der Waals surface area (Å²) in [5, 5.41) is 7.03. The smallest absolute Gasteiger partial charge is 0.317 e. The van der Waals surface area contributed by atoms with Crippen molar-refractivity contribution in [1.29, 1.82) is 0 Å². The maximum absolute atomic E-state index is 12.7. The number of aryl methyl sites for hydroxylation is 1. The van der Waals surface area contributed by atoms with Crippen LogP contribution < -0.4 is 5.32 Å². The normalized spacial score (nSPS) is 16.7. The Kier molecular flexibility index (Phi) is 6.98. The molecular weight excluding hydrogens is 342 g/mol. The van der Waals surface area contributed by atoms with Crippen LogP contribution in [0.4, 0.5) is 4.79 Å². The van der Waals surface area contributed by atoms with Crippen LogP contribution in [-0.2, 0) is 18.2 Å². The van der Waals surface area contributed by atoms with E-state index in [0.717, 1.165) is 30.8 Å². The molecule has 7 heteroatoms. The summed E-state index contributed by atoms with van der Waals surface area (Å²) in [4.78, 5) is 18.7. The summed E-state index contributed by atoms with van der Waals surface area (Å²) in [7, 11) is 1.85. The van der Waals surface area contributed by atoms with Crippen LogP contribution in [0.3, 0.4) is 0 Å². The topological polar surface area (TPSA) is 72.3 Å². The standard InChI is InChI=1S/C20H27N5O2/c1-24-19(22-16-23-24)11-12-21-20(26)25(15-18-10-6-14-27-18)13-5-9-17-7-3-2-4-8-17/h2-5,7-9,16,18H,6,10-15H2,1H3,(H,21,26)/b9-5+/t18-/m1/s1. The molecule has 1 aliphatic heterocycles. The zero-order valence-electron chi connectivity index (χ0n) is 15.8. The van der Waals surface area contributed by atoms with Crippen molar-refractivity contribution >= 4 is 12.1 Å². The summed E-state index contributed by atoms with van der Waals surface area (Å²) in [6.45, 7) is 2.46. The van der Waals surface area contributed by atoms with Gasteiger partial charge in [-0.2, -0.15) is 5.10 Å². The van der Waals surface area contributed by atoms with Crippen molar-refractivity contribution in [3.8, 4) is 0 Å². The summed E-state index contributed by atoms with van der Waals surface area (Å²) in [5.41, 5.74) is 1.12. The van der Waals surface area contributed by atoms with Crippen molar-refractivity contribution < 1.29 is 9.53 Å². The number of carbonyl (C=O) groups excluding carboxylic acids is 1. The van der Waals surface area contributed by atoms with E-state index in [0.29, 0.717) is 26.1 Å². The molecule has 7 nitrogen and oxygen atoms in total. The van der Waals surface area contributed by atoms with Gasteiger partial charge in [0, 0.05) is 39.7 Å². The van der Waals surface area contributed by atoms with Crippen LogP contribution in [0.15, 0.2) is 42.7 Å². The Bertz CT molecular complexity index is 738. The summed E-state index contributed by atoms with van der Waals surface area (Å²) >= 11 is 0. The van der Waals surface area contributed by atoms with E-state index in [-0.39, 0.29) is 12.1 Å². The van der Waals surface area contributed by atoms with Gasteiger partial charge in [-0.1, -0.05) is 42.5 Å². The predicted octanol–water partition coefficient (Wildman–Crippen LogP) is 2.26. The lowest BCUT2D eigenvalue weighted by atomic mass is 10.2. The summed E-state index contributed by atoms with van der Waals surface area (Å²) in [6, 6.07) is 10.0. The number of hydrogen-bond acceptors (Lipinski definition) is 4. The second-order valence-electron chi connectivity index (χ2n) is 6.63. The van der Waals surface area contributed by atoms with Gasteiger partial charge < -0.3 is 15.0 Å². The molecule has 27 heavy (non-hydrogen) atoms. The second kappa shape index (κ2) is 9.87. The number of urea groups is 1. The second-order valence-corrected chi connectivity index (χ2v) is 6.63. The minimum Gasteiger partial charge on any atom is -0.376 e. The van der Waals surface area contributed by atoms with E-state index in [1.807, 2.05) is 54.4 Å². The van der Waals surface area contributed by atoms with E-state index in [4.69, 9.17) is 4.74 Å². The van der Waals surface area contributed by atoms with Gasteiger partial charge in [-0.05, 0) is 18.4 Å². The monoisotopic (exact) mass is 369 g/mol. The van der Waals surface area contributed by atoms with Gasteiger partial charge in [-0.3, -0.25) is 4.68 Å². The molecule has 144 valence electrons. The summed E-state index contributed by atoms with van der Waals surface area (Å²) in [5.74, 6) is 0.852. The highest BCUT2D eigenvalue weighted by atomic mass is 16.5. The number of rotatable bonds is 8. The number of nitrogens with zero attached hydrogens (tertiary/aromatic N) is 4. The van der Waals surface area contributed by atoms with E-state index in [1.54, 1.807) is 4.68 Å². The zero-order valence-corrected chi connectivity index (χ0v) is 15.8. The fourth-order valence-corrected chi connectivity index (χ4v) is 3.09. The number of amides is 2. The third-order valence-electron chi connectivity index (χ3n) is 4.60. The van der Waals surface area contributed by atoms with Crippen LogP contribution in [-0.4, -0.2) is 58.0 Å². The fraction of sp³-hybridized carbons (Fsp3) is 0.450. The average molecular weight is 369 g/mol. The SMILES string of the molecule is Cn1ncnc1CCNC(=O)N(C/C=C/c1ccccc1)C[C@H]1CCCO1. The molecule has 0 saturated carbocycles. The summed E-state index contributed by atoms with van der Waals surface area (Å²) < 4.78 is 7.43. The first-order valence-electron chi connectivity index (χ1n) is 9.41. The average Bonchev–Trinajstić information content (AvgIpc) is 3.34. The van der Waals surface area contributed by atoms with E-state index >= 15 is 0 Å². The molecule has 1 aromatic heterocycles. The number of carbonyl (C=O) groups is 1. The van der Waals surface area contributed by atoms with Crippen LogP contribution >= 0.6 is 0 Å². The van der Waals surface area contributed by atoms with Gasteiger partial charge in [0.15, 0.2) is 0 Å². The minimum atomic E-state index is -0.0784. The van der Waals surface area contributed by atoms with Crippen LogP contribution in [0.25, 0.3) is 6.08 Å². The van der Waals surface area contributed by atoms with Crippen molar-refractivity contribution in [2.45, 2.75) is 25.4 Å². The molecule has 0 unspecified atom stereocenters. The first-order chi connectivity index (χ1) is 13.2. The molecule has 1 atom stereocenters. The van der Waals surface area contributed by atoms with Crippen LogP contribution in [0.5, 0.6) is 0 Å². The highest BCUT2D eigenvalue weighted by molar-refractivity contribution is 5.74. The minimum absolute atomic E-state index is 0.0784. The van der Waals surface area contributed by atoms with Crippen LogP contribution in [0, 0.1) is 0 Å². The van der Waals surface area contributed by atoms with Gasteiger partial charge in [-0.15, -0.1) is 0 Å². The van der Waals surface area contributed by atoms with Gasteiger partial charge in [-0.25, -0.2) is 9.78 Å². The van der Waals surface area contributed by atoms with Crippen molar-refractivity contribution in [3.05, 3.63) is 54.1 Å². The van der Waals surface area contributed by atoms with Gasteiger partial charge in [0.1, 0.15) is 12.2 Å². The maximum Gasteiger partial charge on any atom is 0.317 e. The van der Waals surface area contributed by atoms with Crippen LogP contribution in [0.1, 0.15) is 24.2 Å². The third-order valence-corrected chi connectivity index (χ3v) is 4.60. The number of ether oxygens (including phenoxy) is 1. The van der Waals surface area contributed by atoms with Crippen molar-refractivity contribution in [3.63, 3.8) is 0 Å². The molecule has 1 N–H and O–H groups in total. The lowest BCUT2D eigenvalue weighted by molar-refractivity contribution is 0.0842. The molecule has 0 aliphatic carbocycles. The van der Waals surface area contributed by atoms with E-state index in [2.05, 4.69) is 15.4 Å². The fourth-order valence-electron chi connectivity index (χ4n) is 3.09. The van der Waals surface area contributed by atoms with Crippen LogP contribution in [0.2, 0.25) is 0 Å². The first kappa shape index (κ1) is 19.1. The van der Waals surface area contributed by atoms with Gasteiger partial charge >= 0.3 is 6.03 Å². The number of benzene rings is 1. The number of hydrogen-bond donors (Lipinski definition) is 1. The molecule has 1 aliphatic rings. The summed E-state index contributed by atoms with van der Waals surface area (Å²) in [6.07, 6.45) is 8.42. The quantitative estimate of drug-likeness (QED) is 0.775. The molecule has 0 bridgehead atoms. The molecular formula is C20H27N5O2. The Morgan fingerprint density at radius 3 is 2.96 bits per heavy atom. The lowest BCUT2D eigenvalue weighted by Crippen LogP contribution is -2.44. The zero-order chi connectivity index (χ0) is 18.9. The van der Waals surface area contributed by atoms with E-state index < -0.39 is 0 Å². The molecule has 1 aromatic carbocycles. The Balaban J connectivity index is 1.53. The Hall–Kier alpha value is -2.67. The van der Waals surface area contributed by atoms with Gasteiger partial charge in [0.25, 0.3) is 0 Å². The van der Waals surface area contributed by atoms with Gasteiger partial charge in [0.05, 0.1) is 6.10 Å². The number of nitrogens with one attached hydrogen (secondary N) is 1. The Labute approximate surface area is 160 Å². The van der Waals surface area contributed by atoms with Crippen molar-refractivity contribution in [2.75, 3.05) is 26.2 Å². The highest BCUT2D eigenvalue weighted by Crippen LogP contribution is 2.13. The van der Waals surface area contributed by atoms with E-state index in [1.165, 1.54) is 6.33 Å². The molecule has 1 saturated heterocycles. The highest BCUT2D eigenvalue weighted by Gasteiger charge is 2.21. The molecule has 0 spiro atoms. The van der Waals surface area contributed by atoms with Crippen molar-refractivity contribution in [1.82, 2.24) is 25.0 Å². The van der Waals surface area contributed by atoms with Gasteiger partial charge in [0.2, 0.25) is 0 Å². The number of aromatic nitrogens is 3. The molecule has 2 amide bonds.